The van der Waals surface area contributed by atoms with Crippen molar-refractivity contribution < 1.29 is 4.79 Å². The van der Waals surface area contributed by atoms with E-state index in [1.54, 1.807) is 0 Å². The first-order chi connectivity index (χ1) is 10.8. The molecule has 1 amide bonds. The number of halogens is 1. The van der Waals surface area contributed by atoms with E-state index >= 15 is 0 Å². The Morgan fingerprint density at radius 2 is 1.78 bits per heavy atom. The zero-order valence-corrected chi connectivity index (χ0v) is 14.8. The first-order valence-electron chi connectivity index (χ1n) is 7.67. The molecule has 0 saturated heterocycles. The maximum absolute atomic E-state index is 12.2. The average molecular weight is 331 g/mol. The van der Waals surface area contributed by atoms with Crippen LogP contribution in [0.4, 0.5) is 11.4 Å². The van der Waals surface area contributed by atoms with Crippen LogP contribution in [0.2, 0.25) is 5.02 Å². The zero-order chi connectivity index (χ0) is 17.0. The molecular weight excluding hydrogens is 308 g/mol. The van der Waals surface area contributed by atoms with E-state index in [1.807, 2.05) is 49.4 Å². The predicted molar refractivity (Wildman–Crippen MR) is 98.5 cm³/mol. The maximum Gasteiger partial charge on any atom is 0.243 e. The molecule has 2 aromatic rings. The molecule has 0 unspecified atom stereocenters. The van der Waals surface area contributed by atoms with E-state index in [1.165, 1.54) is 0 Å². The van der Waals surface area contributed by atoms with E-state index in [9.17, 15) is 4.79 Å². The Kier molecular flexibility index (Phi) is 5.32. The van der Waals surface area contributed by atoms with E-state index in [4.69, 9.17) is 11.6 Å². The lowest BCUT2D eigenvalue weighted by Gasteiger charge is -2.23. The Morgan fingerprint density at radius 1 is 1.09 bits per heavy atom. The monoisotopic (exact) mass is 330 g/mol. The zero-order valence-electron chi connectivity index (χ0n) is 14.0. The van der Waals surface area contributed by atoms with Crippen molar-refractivity contribution in [2.24, 2.45) is 0 Å². The van der Waals surface area contributed by atoms with Crippen molar-refractivity contribution in [3.05, 3.63) is 58.6 Å². The second-order valence-electron chi connectivity index (χ2n) is 6.66. The van der Waals surface area contributed by atoms with Gasteiger partial charge in [0.1, 0.15) is 0 Å². The molecular formula is C19H23ClN2O. The molecule has 0 aliphatic heterocycles. The number of aryl methyl sites for hydroxylation is 1. The minimum Gasteiger partial charge on any atom is -0.376 e. The molecule has 0 fully saturated rings. The van der Waals surface area contributed by atoms with E-state index < -0.39 is 0 Å². The van der Waals surface area contributed by atoms with Gasteiger partial charge in [0, 0.05) is 16.4 Å². The second kappa shape index (κ2) is 7.05. The Bertz CT molecular complexity index is 705. The van der Waals surface area contributed by atoms with Gasteiger partial charge in [-0.2, -0.15) is 0 Å². The number of hydrogen-bond donors (Lipinski definition) is 2. The Balaban J connectivity index is 2.03. The van der Waals surface area contributed by atoms with Crippen molar-refractivity contribution in [2.75, 3.05) is 17.2 Å². The Hall–Kier alpha value is -2.00. The summed E-state index contributed by atoms with van der Waals surface area (Å²) in [5.74, 6) is -0.0731. The minimum absolute atomic E-state index is 0.0237. The van der Waals surface area contributed by atoms with Crippen LogP contribution in [0, 0.1) is 6.92 Å². The lowest BCUT2D eigenvalue weighted by Crippen LogP contribution is -2.24. The fourth-order valence-corrected chi connectivity index (χ4v) is 2.67. The first-order valence-corrected chi connectivity index (χ1v) is 8.04. The highest BCUT2D eigenvalue weighted by molar-refractivity contribution is 6.30. The van der Waals surface area contributed by atoms with Crippen molar-refractivity contribution in [3.63, 3.8) is 0 Å². The fraction of sp³-hybridized carbons (Fsp3) is 0.316. The van der Waals surface area contributed by atoms with Crippen LogP contribution in [-0.4, -0.2) is 12.5 Å². The van der Waals surface area contributed by atoms with Crippen LogP contribution < -0.4 is 10.6 Å². The summed E-state index contributed by atoms with van der Waals surface area (Å²) in [6, 6.07) is 13.5. The SMILES string of the molecule is Cc1cc(Cl)ccc1NCC(=O)Nc1ccccc1C(C)(C)C. The van der Waals surface area contributed by atoms with Gasteiger partial charge in [0.25, 0.3) is 0 Å². The Labute approximate surface area is 143 Å². The van der Waals surface area contributed by atoms with E-state index in [0.29, 0.717) is 5.02 Å². The van der Waals surface area contributed by atoms with Crippen molar-refractivity contribution >= 4 is 28.9 Å². The molecule has 23 heavy (non-hydrogen) atoms. The van der Waals surface area contributed by atoms with Crippen LogP contribution in [0.25, 0.3) is 0 Å². The molecule has 0 bridgehead atoms. The van der Waals surface area contributed by atoms with Gasteiger partial charge in [-0.3, -0.25) is 4.79 Å². The number of carbonyl (C=O) groups excluding carboxylic acids is 1. The topological polar surface area (TPSA) is 41.1 Å². The van der Waals surface area contributed by atoms with E-state index in [-0.39, 0.29) is 17.9 Å². The molecule has 4 heteroatoms. The number of benzene rings is 2. The molecule has 0 heterocycles. The molecule has 3 nitrogen and oxygen atoms in total. The highest BCUT2D eigenvalue weighted by Crippen LogP contribution is 2.29. The van der Waals surface area contributed by atoms with E-state index in [2.05, 4.69) is 31.4 Å². The van der Waals surface area contributed by atoms with Gasteiger partial charge in [-0.25, -0.2) is 0 Å². The summed E-state index contributed by atoms with van der Waals surface area (Å²) < 4.78 is 0. The molecule has 0 aliphatic carbocycles. The molecule has 0 spiro atoms. The minimum atomic E-state index is -0.0731. The number of amides is 1. The average Bonchev–Trinajstić information content (AvgIpc) is 2.46. The van der Waals surface area contributed by atoms with Gasteiger partial charge in [-0.1, -0.05) is 50.6 Å². The Morgan fingerprint density at radius 3 is 2.43 bits per heavy atom. The molecule has 2 rings (SSSR count). The quantitative estimate of drug-likeness (QED) is 0.828. The molecule has 0 saturated carbocycles. The van der Waals surface area contributed by atoms with Crippen LogP contribution in [0.5, 0.6) is 0 Å². The van der Waals surface area contributed by atoms with Gasteiger partial charge in [-0.05, 0) is 47.7 Å². The first kappa shape index (κ1) is 17.4. The number of rotatable bonds is 4. The normalized spacial score (nSPS) is 11.2. The number of para-hydroxylation sites is 1. The van der Waals surface area contributed by atoms with Crippen molar-refractivity contribution in [1.29, 1.82) is 0 Å². The summed E-state index contributed by atoms with van der Waals surface area (Å²) in [5, 5.41) is 6.83. The summed E-state index contributed by atoms with van der Waals surface area (Å²) in [6.45, 7) is 8.57. The van der Waals surface area contributed by atoms with Crippen LogP contribution >= 0.6 is 11.6 Å². The summed E-state index contributed by atoms with van der Waals surface area (Å²) >= 11 is 5.94. The van der Waals surface area contributed by atoms with Crippen molar-refractivity contribution in [2.45, 2.75) is 33.1 Å². The van der Waals surface area contributed by atoms with E-state index in [0.717, 1.165) is 22.5 Å². The van der Waals surface area contributed by atoms with Gasteiger partial charge in [0.05, 0.1) is 6.54 Å². The molecule has 2 aromatic carbocycles. The number of anilines is 2. The van der Waals surface area contributed by atoms with Gasteiger partial charge in [-0.15, -0.1) is 0 Å². The predicted octanol–water partition coefficient (Wildman–Crippen LogP) is 5.00. The molecule has 0 radical (unpaired) electrons. The second-order valence-corrected chi connectivity index (χ2v) is 7.09. The van der Waals surface area contributed by atoms with Gasteiger partial charge in [0.15, 0.2) is 0 Å². The van der Waals surface area contributed by atoms with Crippen LogP contribution in [-0.2, 0) is 10.2 Å². The van der Waals surface area contributed by atoms with Gasteiger partial charge in [0.2, 0.25) is 5.91 Å². The van der Waals surface area contributed by atoms with Crippen molar-refractivity contribution in [3.8, 4) is 0 Å². The summed E-state index contributed by atoms with van der Waals surface area (Å²) in [5.41, 5.74) is 3.88. The maximum atomic E-state index is 12.2. The van der Waals surface area contributed by atoms with Gasteiger partial charge < -0.3 is 10.6 Å². The number of nitrogens with one attached hydrogen (secondary N) is 2. The molecule has 2 N–H and O–H groups in total. The molecule has 122 valence electrons. The highest BCUT2D eigenvalue weighted by atomic mass is 35.5. The van der Waals surface area contributed by atoms with Crippen molar-refractivity contribution in [1.82, 2.24) is 0 Å². The largest absolute Gasteiger partial charge is 0.376 e. The van der Waals surface area contributed by atoms with Crippen LogP contribution in [0.1, 0.15) is 31.9 Å². The lowest BCUT2D eigenvalue weighted by atomic mass is 9.86. The molecule has 0 atom stereocenters. The van der Waals surface area contributed by atoms with Crippen LogP contribution in [0.3, 0.4) is 0 Å². The third-order valence-corrected chi connectivity index (χ3v) is 3.87. The fourth-order valence-electron chi connectivity index (χ4n) is 2.44. The number of hydrogen-bond acceptors (Lipinski definition) is 2. The summed E-state index contributed by atoms with van der Waals surface area (Å²) in [6.07, 6.45) is 0. The lowest BCUT2D eigenvalue weighted by molar-refractivity contribution is -0.114. The summed E-state index contributed by atoms with van der Waals surface area (Å²) in [4.78, 5) is 12.2. The summed E-state index contributed by atoms with van der Waals surface area (Å²) in [7, 11) is 0. The van der Waals surface area contributed by atoms with Gasteiger partial charge >= 0.3 is 0 Å². The third kappa shape index (κ3) is 4.73. The van der Waals surface area contributed by atoms with Crippen LogP contribution in [0.15, 0.2) is 42.5 Å². The molecule has 0 aliphatic rings. The third-order valence-electron chi connectivity index (χ3n) is 3.64. The highest BCUT2D eigenvalue weighted by Gasteiger charge is 2.18. The number of carbonyl (C=O) groups is 1. The standard InChI is InChI=1S/C19H23ClN2O/c1-13-11-14(20)9-10-16(13)21-12-18(23)22-17-8-6-5-7-15(17)19(2,3)4/h5-11,21H,12H2,1-4H3,(H,22,23). The molecule has 0 aromatic heterocycles. The smallest absolute Gasteiger partial charge is 0.243 e.